The highest BCUT2D eigenvalue weighted by atomic mass is 79.9. The summed E-state index contributed by atoms with van der Waals surface area (Å²) in [7, 11) is -1.23. The summed E-state index contributed by atoms with van der Waals surface area (Å²) >= 11 is 9.24. The number of nitrogens with zero attached hydrogens (tertiary/aromatic N) is 2. The first-order chi connectivity index (χ1) is 11.2. The van der Waals surface area contributed by atoms with Gasteiger partial charge in [0.2, 0.25) is 0 Å². The fraction of sp³-hybridized carbons (Fsp3) is 0.143. The quantitative estimate of drug-likeness (QED) is 0.526. The normalized spacial score (nSPS) is 11.2. The number of anilines is 1. The predicted octanol–water partition coefficient (Wildman–Crippen LogP) is 3.84. The van der Waals surface area contributed by atoms with Gasteiger partial charge in [-0.25, -0.2) is 8.42 Å². The molecular formula is C14H12BrClN2O5S. The molecule has 0 radical (unpaired) electrons. The molecule has 0 heterocycles. The molecule has 0 saturated carbocycles. The molecule has 0 amide bonds. The van der Waals surface area contributed by atoms with Crippen LogP contribution in [0.15, 0.2) is 45.8 Å². The molecule has 0 spiro atoms. The van der Waals surface area contributed by atoms with Crippen molar-refractivity contribution < 1.29 is 18.1 Å². The number of non-ortho nitro benzene ring substituents is 1. The van der Waals surface area contributed by atoms with Gasteiger partial charge in [0.15, 0.2) is 0 Å². The zero-order chi connectivity index (χ0) is 18.1. The van der Waals surface area contributed by atoms with E-state index in [1.807, 2.05) is 0 Å². The van der Waals surface area contributed by atoms with Crippen LogP contribution >= 0.6 is 27.5 Å². The number of benzene rings is 2. The zero-order valence-corrected chi connectivity index (χ0v) is 15.7. The predicted molar refractivity (Wildman–Crippen MR) is 94.4 cm³/mol. The smallest absolute Gasteiger partial charge is 0.271 e. The molecule has 0 aliphatic heterocycles. The Hall–Kier alpha value is -1.84. The van der Waals surface area contributed by atoms with Crippen LogP contribution in [-0.2, 0) is 10.0 Å². The Kier molecular flexibility index (Phi) is 5.36. The number of nitro benzene ring substituents is 1. The molecule has 7 nitrogen and oxygen atoms in total. The maximum Gasteiger partial charge on any atom is 0.271 e. The van der Waals surface area contributed by atoms with Crippen LogP contribution in [0, 0.1) is 10.1 Å². The minimum Gasteiger partial charge on any atom is -0.496 e. The molecule has 10 heteroatoms. The highest BCUT2D eigenvalue weighted by molar-refractivity contribution is 9.10. The maximum absolute atomic E-state index is 12.8. The molecule has 2 aromatic rings. The molecular weight excluding hydrogens is 424 g/mol. The highest BCUT2D eigenvalue weighted by Crippen LogP contribution is 2.34. The van der Waals surface area contributed by atoms with E-state index in [1.165, 1.54) is 44.5 Å². The van der Waals surface area contributed by atoms with Crippen molar-refractivity contribution in [3.8, 4) is 5.75 Å². The second-order valence-corrected chi connectivity index (χ2v) is 7.89. The average molecular weight is 436 g/mol. The number of nitro groups is 1. The van der Waals surface area contributed by atoms with Gasteiger partial charge in [0.05, 0.1) is 32.1 Å². The van der Waals surface area contributed by atoms with E-state index in [9.17, 15) is 18.5 Å². The Morgan fingerprint density at radius 2 is 1.92 bits per heavy atom. The van der Waals surface area contributed by atoms with E-state index in [0.29, 0.717) is 10.2 Å². The monoisotopic (exact) mass is 434 g/mol. The first-order valence-electron chi connectivity index (χ1n) is 6.45. The van der Waals surface area contributed by atoms with Crippen LogP contribution in [0.4, 0.5) is 11.4 Å². The van der Waals surface area contributed by atoms with Crippen LogP contribution in [0.2, 0.25) is 5.02 Å². The second-order valence-electron chi connectivity index (χ2n) is 4.66. The largest absolute Gasteiger partial charge is 0.496 e. The van der Waals surface area contributed by atoms with Crippen LogP contribution in [0.3, 0.4) is 0 Å². The average Bonchev–Trinajstić information content (AvgIpc) is 2.54. The van der Waals surface area contributed by atoms with Crippen molar-refractivity contribution in [3.63, 3.8) is 0 Å². The van der Waals surface area contributed by atoms with Crippen LogP contribution in [0.5, 0.6) is 5.75 Å². The van der Waals surface area contributed by atoms with E-state index in [1.54, 1.807) is 0 Å². The summed E-state index contributed by atoms with van der Waals surface area (Å²) < 4.78 is 31.9. The van der Waals surface area contributed by atoms with E-state index in [4.69, 9.17) is 16.3 Å². The van der Waals surface area contributed by atoms with E-state index >= 15 is 0 Å². The molecule has 0 N–H and O–H groups in total. The lowest BCUT2D eigenvalue weighted by Gasteiger charge is -2.21. The Bertz CT molecular complexity index is 904. The molecule has 0 aromatic heterocycles. The Balaban J connectivity index is 2.52. The Morgan fingerprint density at radius 1 is 1.25 bits per heavy atom. The Morgan fingerprint density at radius 3 is 2.46 bits per heavy atom. The number of methoxy groups -OCH3 is 1. The molecule has 0 atom stereocenters. The third-order valence-corrected chi connectivity index (χ3v) is 5.97. The van der Waals surface area contributed by atoms with Crippen molar-refractivity contribution in [3.05, 3.63) is 56.0 Å². The van der Waals surface area contributed by atoms with Gasteiger partial charge >= 0.3 is 0 Å². The first kappa shape index (κ1) is 18.5. The van der Waals surface area contributed by atoms with Gasteiger partial charge in [0, 0.05) is 19.2 Å². The van der Waals surface area contributed by atoms with Crippen molar-refractivity contribution in [2.24, 2.45) is 0 Å². The van der Waals surface area contributed by atoms with Crippen LogP contribution in [0.25, 0.3) is 0 Å². The van der Waals surface area contributed by atoms with Gasteiger partial charge in [-0.3, -0.25) is 14.4 Å². The molecule has 0 unspecified atom stereocenters. The van der Waals surface area contributed by atoms with E-state index in [2.05, 4.69) is 15.9 Å². The molecule has 2 aromatic carbocycles. The summed E-state index contributed by atoms with van der Waals surface area (Å²) in [5.74, 6) is 0.477. The molecule has 24 heavy (non-hydrogen) atoms. The lowest BCUT2D eigenvalue weighted by Crippen LogP contribution is -2.27. The molecule has 0 fully saturated rings. The van der Waals surface area contributed by atoms with Gasteiger partial charge in [0.25, 0.3) is 15.7 Å². The van der Waals surface area contributed by atoms with Crippen LogP contribution in [-0.4, -0.2) is 27.5 Å². The van der Waals surface area contributed by atoms with Gasteiger partial charge in [-0.1, -0.05) is 11.6 Å². The lowest BCUT2D eigenvalue weighted by molar-refractivity contribution is -0.384. The number of hydrogen-bond acceptors (Lipinski definition) is 5. The van der Waals surface area contributed by atoms with Crippen molar-refractivity contribution in [2.45, 2.75) is 4.90 Å². The van der Waals surface area contributed by atoms with Gasteiger partial charge in [-0.05, 0) is 40.2 Å². The summed E-state index contributed by atoms with van der Waals surface area (Å²) in [6, 6.07) is 7.86. The highest BCUT2D eigenvalue weighted by Gasteiger charge is 2.25. The summed E-state index contributed by atoms with van der Waals surface area (Å²) in [5.41, 5.74) is -0.245. The Labute approximate surface area is 152 Å². The van der Waals surface area contributed by atoms with Crippen molar-refractivity contribution in [1.29, 1.82) is 0 Å². The topological polar surface area (TPSA) is 89.8 Å². The standard InChI is InChI=1S/C14H12BrClN2O5S/c1-17(13-7-9(18(19)20)3-5-12(13)16)24(21,22)10-4-6-14(23-2)11(15)8-10/h3-8H,1-2H3. The molecule has 0 aliphatic carbocycles. The number of hydrogen-bond donors (Lipinski definition) is 0. The third kappa shape index (κ3) is 3.47. The summed E-state index contributed by atoms with van der Waals surface area (Å²) in [6.07, 6.45) is 0. The van der Waals surface area contributed by atoms with Crippen molar-refractivity contribution >= 4 is 48.9 Å². The fourth-order valence-electron chi connectivity index (χ4n) is 1.95. The van der Waals surface area contributed by atoms with Crippen molar-refractivity contribution in [2.75, 3.05) is 18.5 Å². The first-order valence-corrected chi connectivity index (χ1v) is 9.06. The molecule has 0 bridgehead atoms. The van der Waals surface area contributed by atoms with E-state index < -0.39 is 14.9 Å². The minimum absolute atomic E-state index is 0.0119. The second kappa shape index (κ2) is 6.96. The third-order valence-electron chi connectivity index (χ3n) is 3.26. The molecule has 0 aliphatic rings. The fourth-order valence-corrected chi connectivity index (χ4v) is 4.17. The zero-order valence-electron chi connectivity index (χ0n) is 12.6. The minimum atomic E-state index is -3.96. The van der Waals surface area contributed by atoms with Crippen LogP contribution < -0.4 is 9.04 Å². The number of sulfonamides is 1. The number of ether oxygens (including phenoxy) is 1. The molecule has 0 saturated heterocycles. The SMILES string of the molecule is COc1ccc(S(=O)(=O)N(C)c2cc([N+](=O)[O-])ccc2Cl)cc1Br. The lowest BCUT2D eigenvalue weighted by atomic mass is 10.3. The van der Waals surface area contributed by atoms with E-state index in [-0.39, 0.29) is 21.3 Å². The van der Waals surface area contributed by atoms with Crippen molar-refractivity contribution in [1.82, 2.24) is 0 Å². The van der Waals surface area contributed by atoms with Crippen LogP contribution in [0.1, 0.15) is 0 Å². The summed E-state index contributed by atoms with van der Waals surface area (Å²) in [4.78, 5) is 10.3. The van der Waals surface area contributed by atoms with Gasteiger partial charge in [-0.2, -0.15) is 0 Å². The molecule has 128 valence electrons. The molecule has 2 rings (SSSR count). The van der Waals surface area contributed by atoms with E-state index in [0.717, 1.165) is 10.4 Å². The maximum atomic E-state index is 12.8. The number of halogens is 2. The summed E-state index contributed by atoms with van der Waals surface area (Å²) in [6.45, 7) is 0. The number of rotatable bonds is 5. The van der Waals surface area contributed by atoms with Gasteiger partial charge in [0.1, 0.15) is 5.75 Å². The van der Waals surface area contributed by atoms with Gasteiger partial charge < -0.3 is 4.74 Å². The summed E-state index contributed by atoms with van der Waals surface area (Å²) in [5, 5.41) is 11.0. The van der Waals surface area contributed by atoms with Gasteiger partial charge in [-0.15, -0.1) is 0 Å².